The molecule has 3 aromatic rings. The van der Waals surface area contributed by atoms with Gasteiger partial charge in [-0.15, -0.1) is 0 Å². The van der Waals surface area contributed by atoms with Gasteiger partial charge in [0, 0.05) is 24.8 Å². The van der Waals surface area contributed by atoms with Gasteiger partial charge in [0.25, 0.3) is 0 Å². The molecule has 98 valence electrons. The Labute approximate surface area is 119 Å². The third-order valence-electron chi connectivity index (χ3n) is 2.86. The minimum absolute atomic E-state index is 0.656. The maximum Gasteiger partial charge on any atom is 0.129 e. The lowest BCUT2D eigenvalue weighted by atomic mass is 10.2. The lowest BCUT2D eigenvalue weighted by Gasteiger charge is -2.07. The smallest absolute Gasteiger partial charge is 0.129 e. The molecular weight excluding hydrogens is 282 g/mol. The molecule has 7 heteroatoms. The van der Waals surface area contributed by atoms with Gasteiger partial charge in [0.2, 0.25) is 0 Å². The molecule has 0 fully saturated rings. The van der Waals surface area contributed by atoms with Gasteiger partial charge < -0.3 is 5.32 Å². The van der Waals surface area contributed by atoms with Crippen LogP contribution >= 0.6 is 23.3 Å². The lowest BCUT2D eigenvalue weighted by molar-refractivity contribution is 0.659. The molecule has 2 aromatic heterocycles. The average Bonchev–Trinajstić information content (AvgIpc) is 3.05. The Kier molecular flexibility index (Phi) is 3.35. The Morgan fingerprint density at radius 2 is 2.26 bits per heavy atom. The van der Waals surface area contributed by atoms with Crippen LogP contribution in [-0.4, -0.2) is 18.5 Å². The van der Waals surface area contributed by atoms with E-state index >= 15 is 0 Å². The van der Waals surface area contributed by atoms with Crippen LogP contribution in [0.1, 0.15) is 12.5 Å². The second-order valence-electron chi connectivity index (χ2n) is 4.11. The highest BCUT2D eigenvalue weighted by Gasteiger charge is 2.09. The molecule has 1 N–H and O–H groups in total. The van der Waals surface area contributed by atoms with Crippen molar-refractivity contribution in [3.8, 4) is 0 Å². The second-order valence-corrected chi connectivity index (χ2v) is 5.05. The van der Waals surface area contributed by atoms with E-state index in [0.29, 0.717) is 11.6 Å². The molecule has 0 aliphatic rings. The summed E-state index contributed by atoms with van der Waals surface area (Å²) in [6, 6.07) is 3.71. The van der Waals surface area contributed by atoms with Crippen molar-refractivity contribution < 1.29 is 0 Å². The maximum absolute atomic E-state index is 6.21. The minimum atomic E-state index is 0.656. The summed E-state index contributed by atoms with van der Waals surface area (Å²) >= 11 is 7.40. The fraction of sp³-hybridized carbons (Fsp3) is 0.250. The van der Waals surface area contributed by atoms with Gasteiger partial charge in [-0.25, -0.2) is 0 Å². The van der Waals surface area contributed by atoms with E-state index in [4.69, 9.17) is 11.6 Å². The SMILES string of the molecule is CCn1cc(CNc2c(Cl)ccc3nsnc23)cn1. The largest absolute Gasteiger partial charge is 0.378 e. The van der Waals surface area contributed by atoms with E-state index in [9.17, 15) is 0 Å². The minimum Gasteiger partial charge on any atom is -0.378 e. The number of rotatable bonds is 4. The van der Waals surface area contributed by atoms with Crippen molar-refractivity contribution in [2.75, 3.05) is 5.32 Å². The molecule has 1 aromatic carbocycles. The Bertz CT molecular complexity index is 705. The number of benzene rings is 1. The van der Waals surface area contributed by atoms with Crippen molar-refractivity contribution in [2.45, 2.75) is 20.0 Å². The Morgan fingerprint density at radius 3 is 3.05 bits per heavy atom. The number of anilines is 1. The highest BCUT2D eigenvalue weighted by atomic mass is 35.5. The van der Waals surface area contributed by atoms with E-state index in [0.717, 1.165) is 28.8 Å². The molecule has 2 heterocycles. The Balaban J connectivity index is 1.84. The fourth-order valence-electron chi connectivity index (χ4n) is 1.86. The van der Waals surface area contributed by atoms with Crippen LogP contribution in [0.25, 0.3) is 11.0 Å². The Hall–Kier alpha value is -1.66. The normalized spacial score (nSPS) is 11.1. The summed E-state index contributed by atoms with van der Waals surface area (Å²) in [4.78, 5) is 0. The molecule has 5 nitrogen and oxygen atoms in total. The number of hydrogen-bond donors (Lipinski definition) is 1. The first-order valence-electron chi connectivity index (χ1n) is 5.94. The monoisotopic (exact) mass is 293 g/mol. The van der Waals surface area contributed by atoms with Crippen LogP contribution in [0.15, 0.2) is 24.5 Å². The van der Waals surface area contributed by atoms with Crippen molar-refractivity contribution in [1.82, 2.24) is 18.5 Å². The number of nitrogens with zero attached hydrogens (tertiary/aromatic N) is 4. The molecule has 0 radical (unpaired) electrons. The van der Waals surface area contributed by atoms with Crippen molar-refractivity contribution in [1.29, 1.82) is 0 Å². The van der Waals surface area contributed by atoms with E-state index in [1.165, 1.54) is 11.7 Å². The van der Waals surface area contributed by atoms with E-state index in [-0.39, 0.29) is 0 Å². The highest BCUT2D eigenvalue weighted by Crippen LogP contribution is 2.30. The zero-order valence-corrected chi connectivity index (χ0v) is 11.9. The van der Waals surface area contributed by atoms with Gasteiger partial charge in [-0.3, -0.25) is 4.68 Å². The topological polar surface area (TPSA) is 55.6 Å². The number of halogens is 1. The summed E-state index contributed by atoms with van der Waals surface area (Å²) in [5.74, 6) is 0. The van der Waals surface area contributed by atoms with Gasteiger partial charge in [0.15, 0.2) is 0 Å². The van der Waals surface area contributed by atoms with Crippen LogP contribution < -0.4 is 5.32 Å². The van der Waals surface area contributed by atoms with E-state index < -0.39 is 0 Å². The fourth-order valence-corrected chi connectivity index (χ4v) is 2.62. The predicted molar refractivity (Wildman–Crippen MR) is 77.7 cm³/mol. The van der Waals surface area contributed by atoms with Gasteiger partial charge in [-0.2, -0.15) is 13.8 Å². The van der Waals surface area contributed by atoms with Gasteiger partial charge in [0.05, 0.1) is 28.6 Å². The van der Waals surface area contributed by atoms with Crippen LogP contribution in [0.2, 0.25) is 5.02 Å². The average molecular weight is 294 g/mol. The van der Waals surface area contributed by atoms with Crippen molar-refractivity contribution >= 4 is 40.0 Å². The summed E-state index contributed by atoms with van der Waals surface area (Å²) in [6.07, 6.45) is 3.87. The molecule has 0 atom stereocenters. The summed E-state index contributed by atoms with van der Waals surface area (Å²) in [5.41, 5.74) is 3.62. The number of aryl methyl sites for hydroxylation is 1. The molecule has 0 saturated carbocycles. The van der Waals surface area contributed by atoms with Crippen LogP contribution in [0.3, 0.4) is 0 Å². The summed E-state index contributed by atoms with van der Waals surface area (Å²) < 4.78 is 10.4. The maximum atomic E-state index is 6.21. The molecular formula is C12H12ClN5S. The van der Waals surface area contributed by atoms with E-state index in [2.05, 4.69) is 26.1 Å². The first-order valence-corrected chi connectivity index (χ1v) is 7.04. The molecule has 0 aliphatic heterocycles. The molecule has 3 rings (SSSR count). The summed E-state index contributed by atoms with van der Waals surface area (Å²) in [7, 11) is 0. The van der Waals surface area contributed by atoms with Gasteiger partial charge in [-0.1, -0.05) is 11.6 Å². The third kappa shape index (κ3) is 2.41. The summed E-state index contributed by atoms with van der Waals surface area (Å²) in [5, 5.41) is 8.21. The van der Waals surface area contributed by atoms with Crippen LogP contribution in [0.5, 0.6) is 0 Å². The van der Waals surface area contributed by atoms with E-state index in [1.807, 2.05) is 29.2 Å². The van der Waals surface area contributed by atoms with Crippen LogP contribution in [-0.2, 0) is 13.1 Å². The zero-order valence-electron chi connectivity index (χ0n) is 10.3. The number of fused-ring (bicyclic) bond motifs is 1. The molecule has 0 saturated heterocycles. The van der Waals surface area contributed by atoms with Crippen molar-refractivity contribution in [3.05, 3.63) is 35.1 Å². The highest BCUT2D eigenvalue weighted by molar-refractivity contribution is 7.00. The third-order valence-corrected chi connectivity index (χ3v) is 3.71. The predicted octanol–water partition coefficient (Wildman–Crippen LogP) is 3.17. The molecule has 0 amide bonds. The van der Waals surface area contributed by atoms with Gasteiger partial charge >= 0.3 is 0 Å². The zero-order chi connectivity index (χ0) is 13.2. The van der Waals surface area contributed by atoms with Crippen molar-refractivity contribution in [2.24, 2.45) is 0 Å². The van der Waals surface area contributed by atoms with Crippen LogP contribution in [0.4, 0.5) is 5.69 Å². The molecule has 0 unspecified atom stereocenters. The van der Waals surface area contributed by atoms with Gasteiger partial charge in [0.1, 0.15) is 11.0 Å². The quantitative estimate of drug-likeness (QED) is 0.803. The molecule has 0 bridgehead atoms. The Morgan fingerprint density at radius 1 is 1.37 bits per heavy atom. The lowest BCUT2D eigenvalue weighted by Crippen LogP contribution is -2.00. The second kappa shape index (κ2) is 5.14. The molecule has 0 aliphatic carbocycles. The standard InChI is InChI=1S/C12H12ClN5S/c1-2-18-7-8(6-15-18)5-14-11-9(13)3-4-10-12(11)17-19-16-10/h3-4,6-7,14H,2,5H2,1H3. The van der Waals surface area contributed by atoms with Gasteiger partial charge in [-0.05, 0) is 19.1 Å². The summed E-state index contributed by atoms with van der Waals surface area (Å²) in [6.45, 7) is 3.59. The first kappa shape index (κ1) is 12.4. The number of aromatic nitrogens is 4. The van der Waals surface area contributed by atoms with Crippen LogP contribution in [0, 0.1) is 0 Å². The molecule has 0 spiro atoms. The molecule has 19 heavy (non-hydrogen) atoms. The van der Waals surface area contributed by atoms with E-state index in [1.54, 1.807) is 0 Å². The number of hydrogen-bond acceptors (Lipinski definition) is 5. The van der Waals surface area contributed by atoms with Crippen molar-refractivity contribution in [3.63, 3.8) is 0 Å². The number of nitrogens with one attached hydrogen (secondary N) is 1. The first-order chi connectivity index (χ1) is 9.28.